The van der Waals surface area contributed by atoms with Gasteiger partial charge in [-0.3, -0.25) is 4.57 Å². The summed E-state index contributed by atoms with van der Waals surface area (Å²) in [5.41, 5.74) is 2.68. The molecule has 1 aromatic carbocycles. The first-order valence-corrected chi connectivity index (χ1v) is 6.28. The molecular weight excluding hydrogens is 254 g/mol. The summed E-state index contributed by atoms with van der Waals surface area (Å²) in [4.78, 5) is 9.01. The first-order valence-electron chi connectivity index (χ1n) is 6.28. The normalized spacial score (nSPS) is 10.9. The number of rotatable bonds is 4. The van der Waals surface area contributed by atoms with Crippen molar-refractivity contribution in [1.29, 1.82) is 0 Å². The van der Waals surface area contributed by atoms with E-state index in [9.17, 15) is 0 Å². The second kappa shape index (κ2) is 5.30. The van der Waals surface area contributed by atoms with E-state index >= 15 is 0 Å². The molecule has 0 fully saturated rings. The number of fused-ring (bicyclic) bond motifs is 1. The van der Waals surface area contributed by atoms with Gasteiger partial charge in [0.2, 0.25) is 0 Å². The third-order valence-corrected chi connectivity index (χ3v) is 3.11. The molecule has 102 valence electrons. The minimum absolute atomic E-state index is 0.412. The van der Waals surface area contributed by atoms with Crippen LogP contribution in [0.25, 0.3) is 22.6 Å². The molecule has 0 aliphatic rings. The van der Waals surface area contributed by atoms with Gasteiger partial charge < -0.3 is 9.47 Å². The van der Waals surface area contributed by atoms with Crippen LogP contribution in [-0.4, -0.2) is 28.8 Å². The molecule has 5 heteroatoms. The molecule has 0 spiro atoms. The van der Waals surface area contributed by atoms with Crippen molar-refractivity contribution in [2.45, 2.75) is 6.73 Å². The Balaban J connectivity index is 2.15. The van der Waals surface area contributed by atoms with E-state index < -0.39 is 0 Å². The van der Waals surface area contributed by atoms with E-state index in [4.69, 9.17) is 9.47 Å². The number of hydrogen-bond acceptors (Lipinski definition) is 4. The van der Waals surface area contributed by atoms with Crippen LogP contribution in [-0.2, 0) is 11.5 Å². The number of ether oxygens (including phenoxy) is 2. The van der Waals surface area contributed by atoms with Gasteiger partial charge in [-0.15, -0.1) is 0 Å². The lowest BCUT2D eigenvalue weighted by molar-refractivity contribution is 0.135. The summed E-state index contributed by atoms with van der Waals surface area (Å²) >= 11 is 0. The molecule has 0 saturated carbocycles. The molecule has 0 bridgehead atoms. The van der Waals surface area contributed by atoms with Crippen LogP contribution in [0.3, 0.4) is 0 Å². The number of imidazole rings is 1. The quantitative estimate of drug-likeness (QED) is 0.730. The van der Waals surface area contributed by atoms with Crippen molar-refractivity contribution >= 4 is 11.2 Å². The zero-order chi connectivity index (χ0) is 13.9. The minimum atomic E-state index is 0.412. The van der Waals surface area contributed by atoms with E-state index in [-0.39, 0.29) is 0 Å². The number of pyridine rings is 1. The Hall–Kier alpha value is -2.40. The molecule has 20 heavy (non-hydrogen) atoms. The van der Waals surface area contributed by atoms with Crippen LogP contribution in [0.1, 0.15) is 0 Å². The van der Waals surface area contributed by atoms with Crippen LogP contribution < -0.4 is 4.74 Å². The van der Waals surface area contributed by atoms with E-state index in [1.54, 1.807) is 20.4 Å². The smallest absolute Gasteiger partial charge is 0.162 e. The predicted octanol–water partition coefficient (Wildman–Crippen LogP) is 2.71. The molecule has 0 radical (unpaired) electrons. The molecule has 0 amide bonds. The molecule has 0 atom stereocenters. The van der Waals surface area contributed by atoms with Crippen molar-refractivity contribution in [3.8, 4) is 17.1 Å². The van der Waals surface area contributed by atoms with Gasteiger partial charge >= 0.3 is 0 Å². The van der Waals surface area contributed by atoms with Gasteiger partial charge in [0.25, 0.3) is 0 Å². The Morgan fingerprint density at radius 2 is 1.90 bits per heavy atom. The Morgan fingerprint density at radius 1 is 1.10 bits per heavy atom. The molecule has 0 aliphatic carbocycles. The highest BCUT2D eigenvalue weighted by Gasteiger charge is 2.13. The lowest BCUT2D eigenvalue weighted by Crippen LogP contribution is -2.03. The molecule has 3 aromatic rings. The van der Waals surface area contributed by atoms with Gasteiger partial charge in [0, 0.05) is 18.9 Å². The van der Waals surface area contributed by atoms with E-state index in [1.165, 1.54) is 0 Å². The van der Waals surface area contributed by atoms with Gasteiger partial charge in [0.05, 0.1) is 7.11 Å². The number of nitrogens with zero attached hydrogens (tertiary/aromatic N) is 3. The monoisotopic (exact) mass is 269 g/mol. The maximum Gasteiger partial charge on any atom is 0.162 e. The summed E-state index contributed by atoms with van der Waals surface area (Å²) in [6, 6.07) is 11.6. The fourth-order valence-electron chi connectivity index (χ4n) is 2.17. The van der Waals surface area contributed by atoms with Gasteiger partial charge in [0.1, 0.15) is 23.8 Å². The summed E-state index contributed by atoms with van der Waals surface area (Å²) in [5.74, 6) is 1.66. The van der Waals surface area contributed by atoms with Gasteiger partial charge in [-0.05, 0) is 36.4 Å². The highest BCUT2D eigenvalue weighted by molar-refractivity contribution is 5.77. The van der Waals surface area contributed by atoms with Crippen molar-refractivity contribution in [3.05, 3.63) is 42.6 Å². The summed E-state index contributed by atoms with van der Waals surface area (Å²) in [6.07, 6.45) is 1.76. The van der Waals surface area contributed by atoms with E-state index in [0.717, 1.165) is 28.3 Å². The van der Waals surface area contributed by atoms with Crippen molar-refractivity contribution in [2.75, 3.05) is 14.2 Å². The fourth-order valence-corrected chi connectivity index (χ4v) is 2.17. The summed E-state index contributed by atoms with van der Waals surface area (Å²) in [7, 11) is 3.31. The average molecular weight is 269 g/mol. The van der Waals surface area contributed by atoms with Gasteiger partial charge in [-0.2, -0.15) is 0 Å². The lowest BCUT2D eigenvalue weighted by Gasteiger charge is -2.07. The third-order valence-electron chi connectivity index (χ3n) is 3.11. The van der Waals surface area contributed by atoms with Crippen molar-refractivity contribution in [1.82, 2.24) is 14.5 Å². The summed E-state index contributed by atoms with van der Waals surface area (Å²) < 4.78 is 12.4. The van der Waals surface area contributed by atoms with Crippen LogP contribution in [0.15, 0.2) is 42.6 Å². The highest BCUT2D eigenvalue weighted by atomic mass is 16.5. The second-order valence-electron chi connectivity index (χ2n) is 4.36. The third kappa shape index (κ3) is 2.12. The summed E-state index contributed by atoms with van der Waals surface area (Å²) in [6.45, 7) is 0.412. The zero-order valence-electron chi connectivity index (χ0n) is 11.4. The van der Waals surface area contributed by atoms with Gasteiger partial charge in [-0.25, -0.2) is 9.97 Å². The molecule has 3 rings (SSSR count). The molecule has 0 unspecified atom stereocenters. The molecule has 0 N–H and O–H groups in total. The van der Waals surface area contributed by atoms with E-state index in [0.29, 0.717) is 6.73 Å². The average Bonchev–Trinajstić information content (AvgIpc) is 2.87. The number of benzene rings is 1. The SMILES string of the molecule is COCn1c(-c2ccc(OC)cc2)nc2cccnc21. The first kappa shape index (κ1) is 12.6. The van der Waals surface area contributed by atoms with Gasteiger partial charge in [0.15, 0.2) is 5.65 Å². The number of aromatic nitrogens is 3. The molecule has 2 aromatic heterocycles. The number of methoxy groups -OCH3 is 2. The van der Waals surface area contributed by atoms with Crippen molar-refractivity contribution in [3.63, 3.8) is 0 Å². The Labute approximate surface area is 116 Å². The predicted molar refractivity (Wildman–Crippen MR) is 76.5 cm³/mol. The number of hydrogen-bond donors (Lipinski definition) is 0. The second-order valence-corrected chi connectivity index (χ2v) is 4.36. The zero-order valence-corrected chi connectivity index (χ0v) is 11.4. The van der Waals surface area contributed by atoms with Crippen molar-refractivity contribution < 1.29 is 9.47 Å². The van der Waals surface area contributed by atoms with E-state index in [1.807, 2.05) is 41.0 Å². The van der Waals surface area contributed by atoms with Crippen LogP contribution >= 0.6 is 0 Å². The molecule has 0 saturated heterocycles. The van der Waals surface area contributed by atoms with Crippen molar-refractivity contribution in [2.24, 2.45) is 0 Å². The molecular formula is C15H15N3O2. The lowest BCUT2D eigenvalue weighted by atomic mass is 10.2. The standard InChI is InChI=1S/C15H15N3O2/c1-19-10-18-14(11-5-7-12(20-2)8-6-11)17-13-4-3-9-16-15(13)18/h3-9H,10H2,1-2H3. The molecule has 0 aliphatic heterocycles. The minimum Gasteiger partial charge on any atom is -0.497 e. The Bertz CT molecular complexity index is 720. The van der Waals surface area contributed by atoms with Crippen LogP contribution in [0.4, 0.5) is 0 Å². The summed E-state index contributed by atoms with van der Waals surface area (Å²) in [5, 5.41) is 0. The fraction of sp³-hybridized carbons (Fsp3) is 0.200. The van der Waals surface area contributed by atoms with E-state index in [2.05, 4.69) is 9.97 Å². The Kier molecular flexibility index (Phi) is 3.35. The van der Waals surface area contributed by atoms with Crippen LogP contribution in [0.5, 0.6) is 5.75 Å². The topological polar surface area (TPSA) is 49.2 Å². The molecule has 2 heterocycles. The van der Waals surface area contributed by atoms with Crippen LogP contribution in [0, 0.1) is 0 Å². The maximum absolute atomic E-state index is 5.26. The highest BCUT2D eigenvalue weighted by Crippen LogP contribution is 2.25. The van der Waals surface area contributed by atoms with Gasteiger partial charge in [-0.1, -0.05) is 0 Å². The largest absolute Gasteiger partial charge is 0.497 e. The Morgan fingerprint density at radius 3 is 2.60 bits per heavy atom. The first-order chi connectivity index (χ1) is 9.83. The van der Waals surface area contributed by atoms with Crippen LogP contribution in [0.2, 0.25) is 0 Å². The maximum atomic E-state index is 5.26. The molecule has 5 nitrogen and oxygen atoms in total.